The molecule has 10 N–H and O–H groups in total. The van der Waals surface area contributed by atoms with E-state index in [2.05, 4.69) is 33.9 Å². The monoisotopic (exact) mass is 700 g/mol. The highest BCUT2D eigenvalue weighted by atomic mass is 32.2. The van der Waals surface area contributed by atoms with Crippen molar-refractivity contribution in [1.82, 2.24) is 26.6 Å². The molecule has 5 amide bonds. The number of hydrogen-bond donors (Lipinski definition) is 10. The number of aliphatic carboxylic acids is 3. The largest absolute Gasteiger partial charge is 0.481 e. The van der Waals surface area contributed by atoms with Gasteiger partial charge in [-0.2, -0.15) is 24.4 Å². The van der Waals surface area contributed by atoms with Crippen LogP contribution in [0, 0.1) is 0 Å². The number of amides is 5. The van der Waals surface area contributed by atoms with Crippen LogP contribution in [0.1, 0.15) is 31.2 Å². The van der Waals surface area contributed by atoms with Gasteiger partial charge in [-0.1, -0.05) is 30.3 Å². The van der Waals surface area contributed by atoms with Gasteiger partial charge in [0.1, 0.15) is 30.7 Å². The smallest absolute Gasteiger partial charge is 0.322 e. The molecule has 0 heterocycles. The van der Waals surface area contributed by atoms with Gasteiger partial charge in [0.15, 0.2) is 0 Å². The number of carbonyl (C=O) groups is 8. The molecule has 17 nitrogen and oxygen atoms in total. The fourth-order valence-corrected chi connectivity index (χ4v) is 4.69. The summed E-state index contributed by atoms with van der Waals surface area (Å²) in [5.74, 6) is -8.69. The lowest BCUT2D eigenvalue weighted by molar-refractivity contribution is -0.142. The molecule has 47 heavy (non-hydrogen) atoms. The zero-order chi connectivity index (χ0) is 35.5. The summed E-state index contributed by atoms with van der Waals surface area (Å²) in [6, 6.07) is 2.02. The van der Waals surface area contributed by atoms with Gasteiger partial charge in [0.05, 0.1) is 12.5 Å². The predicted octanol–water partition coefficient (Wildman–Crippen LogP) is -2.28. The van der Waals surface area contributed by atoms with Gasteiger partial charge in [-0.05, 0) is 36.8 Å². The van der Waals surface area contributed by atoms with Crippen molar-refractivity contribution in [3.8, 4) is 0 Å². The topological polar surface area (TPSA) is 283 Å². The minimum Gasteiger partial charge on any atom is -0.481 e. The number of carboxylic acid groups (broad SMARTS) is 3. The van der Waals surface area contributed by atoms with Crippen molar-refractivity contribution in [3.63, 3.8) is 0 Å². The Morgan fingerprint density at radius 3 is 1.77 bits per heavy atom. The van der Waals surface area contributed by atoms with E-state index in [-0.39, 0.29) is 18.6 Å². The molecule has 19 heteroatoms. The fraction of sp³-hybridized carbons (Fsp3) is 0.500. The summed E-state index contributed by atoms with van der Waals surface area (Å²) in [6.07, 6.45) is -0.0245. The van der Waals surface area contributed by atoms with Crippen molar-refractivity contribution in [2.45, 2.75) is 62.3 Å². The van der Waals surface area contributed by atoms with Gasteiger partial charge >= 0.3 is 17.9 Å². The Morgan fingerprint density at radius 2 is 1.26 bits per heavy atom. The summed E-state index contributed by atoms with van der Waals surface area (Å²) in [5, 5.41) is 38.6. The molecule has 0 fully saturated rings. The number of nitrogens with two attached hydrogens (primary N) is 1. The summed E-state index contributed by atoms with van der Waals surface area (Å²) >= 11 is 5.40. The zero-order valence-corrected chi connectivity index (χ0v) is 27.2. The van der Waals surface area contributed by atoms with Crippen molar-refractivity contribution in [3.05, 3.63) is 35.9 Å². The van der Waals surface area contributed by atoms with Gasteiger partial charge in [0.2, 0.25) is 29.5 Å². The molecule has 0 spiro atoms. The molecule has 0 radical (unpaired) electrons. The van der Waals surface area contributed by atoms with E-state index in [1.807, 2.05) is 5.32 Å². The van der Waals surface area contributed by atoms with Crippen LogP contribution in [-0.4, -0.2) is 117 Å². The Bertz CT molecular complexity index is 1270. The third-order valence-electron chi connectivity index (χ3n) is 6.40. The van der Waals surface area contributed by atoms with Gasteiger partial charge in [0, 0.05) is 12.2 Å². The summed E-state index contributed by atoms with van der Waals surface area (Å²) < 4.78 is 0. The minimum absolute atomic E-state index is 0.0243. The van der Waals surface area contributed by atoms with Crippen LogP contribution in [-0.2, 0) is 44.8 Å². The van der Waals surface area contributed by atoms with Crippen LogP contribution >= 0.6 is 24.4 Å². The molecule has 5 atom stereocenters. The number of benzene rings is 1. The molecule has 0 saturated carbocycles. The van der Waals surface area contributed by atoms with E-state index in [1.165, 1.54) is 11.8 Å². The maximum atomic E-state index is 13.3. The molecule has 5 unspecified atom stereocenters. The summed E-state index contributed by atoms with van der Waals surface area (Å²) in [6.45, 7) is -0.838. The highest BCUT2D eigenvalue weighted by Gasteiger charge is 2.32. The Balaban J connectivity index is 3.08. The lowest BCUT2D eigenvalue weighted by Crippen LogP contribution is -2.59. The summed E-state index contributed by atoms with van der Waals surface area (Å²) in [5.41, 5.74) is 6.77. The third-order valence-corrected chi connectivity index (χ3v) is 7.41. The number of thiol groups is 1. The molecule has 0 aliphatic rings. The van der Waals surface area contributed by atoms with E-state index in [0.29, 0.717) is 5.75 Å². The first-order valence-electron chi connectivity index (χ1n) is 14.2. The van der Waals surface area contributed by atoms with Crippen LogP contribution in [0.4, 0.5) is 0 Å². The van der Waals surface area contributed by atoms with E-state index < -0.39 is 103 Å². The zero-order valence-electron chi connectivity index (χ0n) is 25.5. The van der Waals surface area contributed by atoms with E-state index in [0.717, 1.165) is 5.56 Å². The first-order chi connectivity index (χ1) is 22.2. The quantitative estimate of drug-likeness (QED) is 0.0572. The lowest BCUT2D eigenvalue weighted by atomic mass is 10.1. The van der Waals surface area contributed by atoms with Gasteiger partial charge in [0.25, 0.3) is 0 Å². The molecular weight excluding hydrogens is 660 g/mol. The summed E-state index contributed by atoms with van der Waals surface area (Å²) in [7, 11) is 0. The average Bonchev–Trinajstić information content (AvgIpc) is 3.01. The van der Waals surface area contributed by atoms with Gasteiger partial charge < -0.3 is 47.6 Å². The second-order valence-corrected chi connectivity index (χ2v) is 11.5. The van der Waals surface area contributed by atoms with Crippen molar-refractivity contribution in [2.24, 2.45) is 5.73 Å². The number of carboxylic acids is 3. The van der Waals surface area contributed by atoms with E-state index in [9.17, 15) is 48.6 Å². The molecule has 1 aromatic rings. The van der Waals surface area contributed by atoms with Crippen molar-refractivity contribution >= 4 is 71.8 Å². The number of hydrogen-bond acceptors (Lipinski definition) is 11. The molecule has 0 aromatic heterocycles. The van der Waals surface area contributed by atoms with Crippen molar-refractivity contribution in [1.29, 1.82) is 0 Å². The average molecular weight is 701 g/mol. The van der Waals surface area contributed by atoms with Crippen LogP contribution in [0.3, 0.4) is 0 Å². The van der Waals surface area contributed by atoms with E-state index in [1.54, 1.807) is 36.6 Å². The van der Waals surface area contributed by atoms with Crippen LogP contribution in [0.15, 0.2) is 30.3 Å². The normalized spacial score (nSPS) is 13.9. The Labute approximate surface area is 280 Å². The molecule has 1 aromatic carbocycles. The van der Waals surface area contributed by atoms with Crippen LogP contribution in [0.2, 0.25) is 0 Å². The molecule has 0 saturated heterocycles. The summed E-state index contributed by atoms with van der Waals surface area (Å²) in [4.78, 5) is 98.0. The molecule has 0 aliphatic carbocycles. The maximum absolute atomic E-state index is 13.3. The Hall–Kier alpha value is -4.36. The molecular formula is C28H40N6O11S2. The number of nitrogens with one attached hydrogen (secondary N) is 5. The van der Waals surface area contributed by atoms with Crippen molar-refractivity contribution < 1.29 is 53.7 Å². The predicted molar refractivity (Wildman–Crippen MR) is 172 cm³/mol. The fourth-order valence-electron chi connectivity index (χ4n) is 3.96. The minimum atomic E-state index is -1.69. The molecule has 260 valence electrons. The van der Waals surface area contributed by atoms with Crippen LogP contribution in [0.25, 0.3) is 0 Å². The van der Waals surface area contributed by atoms with Gasteiger partial charge in [-0.15, -0.1) is 0 Å². The Morgan fingerprint density at radius 1 is 0.723 bits per heavy atom. The second kappa shape index (κ2) is 21.4. The molecule has 0 aliphatic heterocycles. The van der Waals surface area contributed by atoms with Gasteiger partial charge in [-0.25, -0.2) is 0 Å². The SMILES string of the molecule is CSCCC(NC(=O)C(CCC(=O)O)NC(=O)C(CS)NC(=O)C(N)Cc1ccccc1)C(=O)NC(CC(=O)O)C(=O)NCC(=O)O. The maximum Gasteiger partial charge on any atom is 0.322 e. The van der Waals surface area contributed by atoms with Gasteiger partial charge in [-0.3, -0.25) is 38.4 Å². The lowest BCUT2D eigenvalue weighted by Gasteiger charge is -2.26. The highest BCUT2D eigenvalue weighted by Crippen LogP contribution is 2.07. The van der Waals surface area contributed by atoms with Crippen LogP contribution in [0.5, 0.6) is 0 Å². The number of thioether (sulfide) groups is 1. The van der Waals surface area contributed by atoms with E-state index in [4.69, 9.17) is 10.8 Å². The standard InChI is InChI=1S/C28H40N6O11S2/c1-47-10-9-18(27(44)33-19(12-22(37)38)25(42)30-13-23(39)40)32-26(43)17(7-8-21(35)36)31-28(45)20(14-46)34-24(41)16(29)11-15-5-3-2-4-6-15/h2-6,16-20,46H,7-14,29H2,1H3,(H,30,42)(H,31,45)(H,32,43)(H,33,44)(H,34,41)(H,35,36)(H,37,38)(H,39,40). The van der Waals surface area contributed by atoms with Crippen molar-refractivity contribution in [2.75, 3.05) is 24.3 Å². The first kappa shape index (κ1) is 40.7. The molecule has 1 rings (SSSR count). The van der Waals surface area contributed by atoms with E-state index >= 15 is 0 Å². The molecule has 0 bridgehead atoms. The second-order valence-electron chi connectivity index (χ2n) is 10.1. The number of rotatable bonds is 22. The third kappa shape index (κ3) is 16.2. The van der Waals surface area contributed by atoms with Crippen LogP contribution < -0.4 is 32.3 Å². The number of carbonyl (C=O) groups excluding carboxylic acids is 5. The highest BCUT2D eigenvalue weighted by molar-refractivity contribution is 7.98. The first-order valence-corrected chi connectivity index (χ1v) is 16.2. The Kier molecular flexibility index (Phi) is 18.5.